The van der Waals surface area contributed by atoms with Crippen molar-refractivity contribution >= 4 is 23.2 Å². The third-order valence-corrected chi connectivity index (χ3v) is 1.91. The number of hydrogen-bond acceptors (Lipinski definition) is 5. The van der Waals surface area contributed by atoms with Gasteiger partial charge in [-0.15, -0.1) is 0 Å². The highest BCUT2D eigenvalue weighted by Crippen LogP contribution is 2.25. The van der Waals surface area contributed by atoms with Crippen LogP contribution < -0.4 is 5.43 Å². The lowest BCUT2D eigenvalue weighted by Crippen LogP contribution is -2.36. The first-order valence-corrected chi connectivity index (χ1v) is 4.58. The Kier molecular flexibility index (Phi) is 3.75. The minimum atomic E-state index is -0.736. The standard InChI is InChI=1S/C8H9ClN4O3/c1-12(2)11-8(14)5-3-4-10-7(9)6(5)13(15)16/h3-4H,1-2H3,(H,11,14). The van der Waals surface area contributed by atoms with E-state index in [1.807, 2.05) is 0 Å². The monoisotopic (exact) mass is 244 g/mol. The Bertz CT molecular complexity index is 435. The van der Waals surface area contributed by atoms with Crippen molar-refractivity contribution in [1.82, 2.24) is 15.4 Å². The zero-order valence-corrected chi connectivity index (χ0v) is 9.35. The van der Waals surface area contributed by atoms with Crippen molar-refractivity contribution in [3.63, 3.8) is 0 Å². The third-order valence-electron chi connectivity index (χ3n) is 1.63. The molecule has 1 rings (SSSR count). The Hall–Kier alpha value is -1.73. The van der Waals surface area contributed by atoms with Gasteiger partial charge in [-0.25, -0.2) is 9.99 Å². The number of nitro groups is 1. The largest absolute Gasteiger partial charge is 0.319 e. The van der Waals surface area contributed by atoms with E-state index in [-0.39, 0.29) is 10.7 Å². The second kappa shape index (κ2) is 4.86. The number of hydrazine groups is 1. The van der Waals surface area contributed by atoms with Crippen molar-refractivity contribution in [2.45, 2.75) is 0 Å². The molecule has 0 unspecified atom stereocenters. The van der Waals surface area contributed by atoms with Crippen LogP contribution in [0.25, 0.3) is 0 Å². The van der Waals surface area contributed by atoms with Crippen LogP contribution in [0.2, 0.25) is 5.15 Å². The van der Waals surface area contributed by atoms with Gasteiger partial charge in [-0.1, -0.05) is 11.6 Å². The van der Waals surface area contributed by atoms with Gasteiger partial charge in [0.05, 0.1) is 4.92 Å². The van der Waals surface area contributed by atoms with Crippen LogP contribution in [0.3, 0.4) is 0 Å². The third kappa shape index (κ3) is 2.65. The molecular formula is C8H9ClN4O3. The Balaban J connectivity index is 3.18. The second-order valence-electron chi connectivity index (χ2n) is 3.09. The lowest BCUT2D eigenvalue weighted by Gasteiger charge is -2.11. The molecular weight excluding hydrogens is 236 g/mol. The van der Waals surface area contributed by atoms with Gasteiger partial charge in [0.15, 0.2) is 0 Å². The molecule has 0 saturated heterocycles. The van der Waals surface area contributed by atoms with Crippen LogP contribution in [0.15, 0.2) is 12.3 Å². The van der Waals surface area contributed by atoms with Crippen LogP contribution in [0, 0.1) is 10.1 Å². The van der Waals surface area contributed by atoms with E-state index >= 15 is 0 Å². The molecule has 0 bridgehead atoms. The van der Waals surface area contributed by atoms with Gasteiger partial charge in [0.25, 0.3) is 5.91 Å². The summed E-state index contributed by atoms with van der Waals surface area (Å²) in [5.41, 5.74) is 1.76. The molecule has 1 aromatic heterocycles. The number of pyridine rings is 1. The van der Waals surface area contributed by atoms with E-state index in [2.05, 4.69) is 10.4 Å². The smallest absolute Gasteiger partial charge is 0.285 e. The summed E-state index contributed by atoms with van der Waals surface area (Å²) < 4.78 is 0. The van der Waals surface area contributed by atoms with Crippen LogP contribution in [0.5, 0.6) is 0 Å². The maximum Gasteiger partial charge on any atom is 0.319 e. The molecule has 0 atom stereocenters. The minimum Gasteiger partial charge on any atom is -0.285 e. The summed E-state index contributed by atoms with van der Waals surface area (Å²) in [5, 5.41) is 11.8. The summed E-state index contributed by atoms with van der Waals surface area (Å²) in [6, 6.07) is 1.24. The average Bonchev–Trinajstić information content (AvgIpc) is 2.15. The first-order chi connectivity index (χ1) is 7.43. The van der Waals surface area contributed by atoms with Crippen molar-refractivity contribution in [3.8, 4) is 0 Å². The number of rotatable bonds is 3. The van der Waals surface area contributed by atoms with E-state index in [0.29, 0.717) is 0 Å². The normalized spacial score (nSPS) is 10.2. The number of amides is 1. The molecule has 1 amide bonds. The fraction of sp³-hybridized carbons (Fsp3) is 0.250. The summed E-state index contributed by atoms with van der Waals surface area (Å²) >= 11 is 5.56. The molecule has 0 aliphatic carbocycles. The molecule has 1 heterocycles. The molecule has 0 aliphatic heterocycles. The number of hydrogen-bond donors (Lipinski definition) is 1. The quantitative estimate of drug-likeness (QED) is 0.484. The highest BCUT2D eigenvalue weighted by molar-refractivity contribution is 6.32. The molecule has 7 nitrogen and oxygen atoms in total. The molecule has 0 spiro atoms. The predicted molar refractivity (Wildman–Crippen MR) is 57.1 cm³/mol. The molecule has 0 fully saturated rings. The Morgan fingerprint density at radius 1 is 1.62 bits per heavy atom. The van der Waals surface area contributed by atoms with Gasteiger partial charge in [0.2, 0.25) is 5.15 Å². The van der Waals surface area contributed by atoms with Gasteiger partial charge in [0, 0.05) is 20.3 Å². The number of nitrogens with zero attached hydrogens (tertiary/aromatic N) is 3. The van der Waals surface area contributed by atoms with Crippen molar-refractivity contribution in [2.75, 3.05) is 14.1 Å². The van der Waals surface area contributed by atoms with Crippen LogP contribution >= 0.6 is 11.6 Å². The topological polar surface area (TPSA) is 88.4 Å². The number of nitrogens with one attached hydrogen (secondary N) is 1. The number of halogens is 1. The van der Waals surface area contributed by atoms with E-state index in [1.54, 1.807) is 14.1 Å². The fourth-order valence-electron chi connectivity index (χ4n) is 1.05. The van der Waals surface area contributed by atoms with Gasteiger partial charge in [-0.2, -0.15) is 0 Å². The molecule has 8 heteroatoms. The van der Waals surface area contributed by atoms with Gasteiger partial charge < -0.3 is 0 Å². The summed E-state index contributed by atoms with van der Waals surface area (Å²) in [6.45, 7) is 0. The van der Waals surface area contributed by atoms with Crippen LogP contribution in [0.4, 0.5) is 5.69 Å². The molecule has 1 aromatic rings. The van der Waals surface area contributed by atoms with Crippen molar-refractivity contribution in [3.05, 3.63) is 33.1 Å². The fourth-order valence-corrected chi connectivity index (χ4v) is 1.28. The number of carbonyl (C=O) groups is 1. The summed E-state index contributed by atoms with van der Waals surface area (Å²) in [4.78, 5) is 25.1. The van der Waals surface area contributed by atoms with Gasteiger partial charge >= 0.3 is 5.69 Å². The SMILES string of the molecule is CN(C)NC(=O)c1ccnc(Cl)c1[N+](=O)[O-]. The van der Waals surface area contributed by atoms with Crippen molar-refractivity contribution in [1.29, 1.82) is 0 Å². The minimum absolute atomic E-state index is 0.126. The summed E-state index contributed by atoms with van der Waals surface area (Å²) in [7, 11) is 3.18. The van der Waals surface area contributed by atoms with Crippen LogP contribution in [0.1, 0.15) is 10.4 Å². The predicted octanol–water partition coefficient (Wildman–Crippen LogP) is 0.850. The van der Waals surface area contributed by atoms with Gasteiger partial charge in [0.1, 0.15) is 5.56 Å². The first-order valence-electron chi connectivity index (χ1n) is 4.20. The number of aromatic nitrogens is 1. The van der Waals surface area contributed by atoms with Crippen LogP contribution in [-0.2, 0) is 0 Å². The Morgan fingerprint density at radius 3 is 2.75 bits per heavy atom. The highest BCUT2D eigenvalue weighted by Gasteiger charge is 2.24. The van der Waals surface area contributed by atoms with E-state index < -0.39 is 16.5 Å². The van der Waals surface area contributed by atoms with Crippen molar-refractivity contribution in [2.24, 2.45) is 0 Å². The first kappa shape index (κ1) is 12.3. The summed E-state index contributed by atoms with van der Waals surface area (Å²) in [5.74, 6) is -0.610. The maximum absolute atomic E-state index is 11.6. The van der Waals surface area contributed by atoms with Crippen LogP contribution in [-0.4, -0.2) is 34.9 Å². The molecule has 16 heavy (non-hydrogen) atoms. The van der Waals surface area contributed by atoms with E-state index in [9.17, 15) is 14.9 Å². The Morgan fingerprint density at radius 2 is 2.25 bits per heavy atom. The van der Waals surface area contributed by atoms with Gasteiger partial charge in [-0.05, 0) is 6.07 Å². The zero-order valence-electron chi connectivity index (χ0n) is 8.60. The lowest BCUT2D eigenvalue weighted by atomic mass is 10.2. The van der Waals surface area contributed by atoms with E-state index in [1.165, 1.54) is 17.3 Å². The highest BCUT2D eigenvalue weighted by atomic mass is 35.5. The molecule has 0 saturated carbocycles. The lowest BCUT2D eigenvalue weighted by molar-refractivity contribution is -0.385. The van der Waals surface area contributed by atoms with E-state index in [4.69, 9.17) is 11.6 Å². The molecule has 0 radical (unpaired) electrons. The zero-order chi connectivity index (χ0) is 12.3. The molecule has 1 N–H and O–H groups in total. The maximum atomic E-state index is 11.6. The van der Waals surface area contributed by atoms with E-state index in [0.717, 1.165) is 0 Å². The average molecular weight is 245 g/mol. The molecule has 0 aliphatic rings. The Labute approximate surface area is 96.1 Å². The van der Waals surface area contributed by atoms with Crippen molar-refractivity contribution < 1.29 is 9.72 Å². The van der Waals surface area contributed by atoms with Gasteiger partial charge in [-0.3, -0.25) is 20.3 Å². The molecule has 86 valence electrons. The number of carbonyl (C=O) groups excluding carboxylic acids is 1. The summed E-state index contributed by atoms with van der Waals surface area (Å²) in [6.07, 6.45) is 1.24. The second-order valence-corrected chi connectivity index (χ2v) is 3.45. The molecule has 0 aromatic carbocycles.